The minimum atomic E-state index is -3.36. The maximum absolute atomic E-state index is 12.2. The van der Waals surface area contributed by atoms with Crippen molar-refractivity contribution in [3.63, 3.8) is 0 Å². The molecule has 5 heteroatoms. The number of ether oxygens (including phenoxy) is 1. The summed E-state index contributed by atoms with van der Waals surface area (Å²) in [5.41, 5.74) is 6.96. The number of hydrogen-bond acceptors (Lipinski definition) is 4. The number of rotatable bonds is 5. The summed E-state index contributed by atoms with van der Waals surface area (Å²) < 4.78 is 29.6. The van der Waals surface area contributed by atoms with Crippen molar-refractivity contribution in [1.29, 1.82) is 0 Å². The molecular formula is C15H17NO3S. The topological polar surface area (TPSA) is 69.4 Å². The third kappa shape index (κ3) is 3.30. The first kappa shape index (κ1) is 14.4. The van der Waals surface area contributed by atoms with E-state index in [9.17, 15) is 8.42 Å². The maximum Gasteiger partial charge on any atom is 0.180 e. The molecular weight excluding hydrogens is 274 g/mol. The zero-order valence-electron chi connectivity index (χ0n) is 11.2. The van der Waals surface area contributed by atoms with Gasteiger partial charge in [-0.1, -0.05) is 24.3 Å². The molecule has 0 aromatic heterocycles. The Morgan fingerprint density at radius 1 is 1.05 bits per heavy atom. The molecule has 2 rings (SSSR count). The number of para-hydroxylation sites is 1. The van der Waals surface area contributed by atoms with Crippen LogP contribution in [0.5, 0.6) is 5.75 Å². The molecule has 0 aliphatic carbocycles. The van der Waals surface area contributed by atoms with Gasteiger partial charge in [-0.2, -0.15) is 0 Å². The molecule has 4 nitrogen and oxygen atoms in total. The smallest absolute Gasteiger partial charge is 0.180 e. The van der Waals surface area contributed by atoms with E-state index in [1.807, 2.05) is 24.3 Å². The van der Waals surface area contributed by atoms with Crippen molar-refractivity contribution >= 4 is 15.5 Å². The predicted octanol–water partition coefficient (Wildman–Crippen LogP) is 2.29. The standard InChI is InChI=1S/C15H17NO3S/c1-19-13-8-6-12(7-9-13)10-11-20(17,18)15-5-3-2-4-14(15)16/h2-9H,10-11,16H2,1H3. The fourth-order valence-corrected chi connectivity index (χ4v) is 3.36. The first-order chi connectivity index (χ1) is 9.53. The average molecular weight is 291 g/mol. The van der Waals surface area contributed by atoms with E-state index in [1.165, 1.54) is 0 Å². The number of methoxy groups -OCH3 is 1. The summed E-state index contributed by atoms with van der Waals surface area (Å²) in [6.45, 7) is 0. The maximum atomic E-state index is 12.2. The molecule has 0 unspecified atom stereocenters. The zero-order valence-corrected chi connectivity index (χ0v) is 12.1. The second-order valence-electron chi connectivity index (χ2n) is 4.45. The molecule has 0 saturated heterocycles. The number of nitrogens with two attached hydrogens (primary N) is 1. The molecule has 0 atom stereocenters. The lowest BCUT2D eigenvalue weighted by Gasteiger charge is -2.07. The minimum Gasteiger partial charge on any atom is -0.497 e. The lowest BCUT2D eigenvalue weighted by molar-refractivity contribution is 0.414. The molecule has 2 aromatic rings. The van der Waals surface area contributed by atoms with Crippen LogP contribution in [0.3, 0.4) is 0 Å². The van der Waals surface area contributed by atoms with Crippen LogP contribution < -0.4 is 10.5 Å². The van der Waals surface area contributed by atoms with Crippen LogP contribution in [-0.2, 0) is 16.3 Å². The highest BCUT2D eigenvalue weighted by Crippen LogP contribution is 2.20. The van der Waals surface area contributed by atoms with E-state index >= 15 is 0 Å². The van der Waals surface area contributed by atoms with Crippen molar-refractivity contribution in [3.05, 3.63) is 54.1 Å². The van der Waals surface area contributed by atoms with Crippen LogP contribution in [0.2, 0.25) is 0 Å². The molecule has 20 heavy (non-hydrogen) atoms. The number of anilines is 1. The van der Waals surface area contributed by atoms with Crippen molar-refractivity contribution in [2.75, 3.05) is 18.6 Å². The largest absolute Gasteiger partial charge is 0.497 e. The van der Waals surface area contributed by atoms with Crippen molar-refractivity contribution in [2.45, 2.75) is 11.3 Å². The monoisotopic (exact) mass is 291 g/mol. The van der Waals surface area contributed by atoms with Gasteiger partial charge in [-0.3, -0.25) is 0 Å². The molecule has 2 N–H and O–H groups in total. The van der Waals surface area contributed by atoms with Crippen LogP contribution in [0.25, 0.3) is 0 Å². The van der Waals surface area contributed by atoms with Crippen LogP contribution in [-0.4, -0.2) is 21.3 Å². The first-order valence-electron chi connectivity index (χ1n) is 6.23. The van der Waals surface area contributed by atoms with Gasteiger partial charge in [0.05, 0.1) is 23.4 Å². The van der Waals surface area contributed by atoms with Gasteiger partial charge in [0.15, 0.2) is 9.84 Å². The van der Waals surface area contributed by atoms with Crippen molar-refractivity contribution in [1.82, 2.24) is 0 Å². The Labute approximate surface area is 119 Å². The minimum absolute atomic E-state index is 0.0353. The molecule has 2 aromatic carbocycles. The molecule has 0 heterocycles. The number of sulfone groups is 1. The number of aryl methyl sites for hydroxylation is 1. The van der Waals surface area contributed by atoms with Gasteiger partial charge >= 0.3 is 0 Å². The molecule has 0 radical (unpaired) electrons. The summed E-state index contributed by atoms with van der Waals surface area (Å²) in [6, 6.07) is 13.9. The van der Waals surface area contributed by atoms with Crippen LogP contribution in [0.1, 0.15) is 5.56 Å². The number of nitrogen functional groups attached to an aromatic ring is 1. The summed E-state index contributed by atoms with van der Waals surface area (Å²) in [7, 11) is -1.77. The van der Waals surface area contributed by atoms with E-state index in [2.05, 4.69) is 0 Å². The Kier molecular flexibility index (Phi) is 4.29. The molecule has 0 saturated carbocycles. The van der Waals surface area contributed by atoms with Gasteiger partial charge in [0.2, 0.25) is 0 Å². The van der Waals surface area contributed by atoms with E-state index in [1.54, 1.807) is 31.4 Å². The molecule has 0 aliphatic rings. The lowest BCUT2D eigenvalue weighted by Crippen LogP contribution is -2.11. The second-order valence-corrected chi connectivity index (χ2v) is 6.53. The molecule has 0 aliphatic heterocycles. The van der Waals surface area contributed by atoms with Crippen molar-refractivity contribution < 1.29 is 13.2 Å². The fraction of sp³-hybridized carbons (Fsp3) is 0.200. The number of benzene rings is 2. The summed E-state index contributed by atoms with van der Waals surface area (Å²) in [5.74, 6) is 0.789. The Balaban J connectivity index is 2.11. The summed E-state index contributed by atoms with van der Waals surface area (Å²) in [6.07, 6.45) is 0.445. The van der Waals surface area contributed by atoms with Crippen LogP contribution in [0, 0.1) is 0 Å². The van der Waals surface area contributed by atoms with E-state index in [-0.39, 0.29) is 10.6 Å². The first-order valence-corrected chi connectivity index (χ1v) is 7.88. The lowest BCUT2D eigenvalue weighted by atomic mass is 10.2. The Morgan fingerprint density at radius 3 is 2.30 bits per heavy atom. The van der Waals surface area contributed by atoms with Gasteiger partial charge in [-0.15, -0.1) is 0 Å². The normalized spacial score (nSPS) is 11.2. The van der Waals surface area contributed by atoms with Gasteiger partial charge < -0.3 is 10.5 Å². The Hall–Kier alpha value is -2.01. The molecule has 0 fully saturated rings. The summed E-state index contributed by atoms with van der Waals surface area (Å²) >= 11 is 0. The molecule has 0 spiro atoms. The van der Waals surface area contributed by atoms with E-state index < -0.39 is 9.84 Å². The third-order valence-corrected chi connectivity index (χ3v) is 4.86. The van der Waals surface area contributed by atoms with Crippen LogP contribution in [0.15, 0.2) is 53.4 Å². The van der Waals surface area contributed by atoms with Crippen molar-refractivity contribution in [3.8, 4) is 5.75 Å². The van der Waals surface area contributed by atoms with Crippen LogP contribution in [0.4, 0.5) is 5.69 Å². The van der Waals surface area contributed by atoms with E-state index in [0.29, 0.717) is 12.1 Å². The van der Waals surface area contributed by atoms with Gasteiger partial charge in [-0.05, 0) is 36.2 Å². The zero-order chi connectivity index (χ0) is 14.6. The molecule has 106 valence electrons. The van der Waals surface area contributed by atoms with E-state index in [0.717, 1.165) is 11.3 Å². The average Bonchev–Trinajstić information content (AvgIpc) is 2.46. The van der Waals surface area contributed by atoms with Gasteiger partial charge in [0.1, 0.15) is 5.75 Å². The summed E-state index contributed by atoms with van der Waals surface area (Å²) in [5, 5.41) is 0. The highest BCUT2D eigenvalue weighted by molar-refractivity contribution is 7.91. The highest BCUT2D eigenvalue weighted by atomic mass is 32.2. The quantitative estimate of drug-likeness (QED) is 0.858. The third-order valence-electron chi connectivity index (χ3n) is 3.07. The van der Waals surface area contributed by atoms with Gasteiger partial charge in [-0.25, -0.2) is 8.42 Å². The molecule has 0 bridgehead atoms. The second kappa shape index (κ2) is 5.96. The summed E-state index contributed by atoms with van der Waals surface area (Å²) in [4.78, 5) is 0.202. The van der Waals surface area contributed by atoms with Gasteiger partial charge in [0.25, 0.3) is 0 Å². The number of hydrogen-bond donors (Lipinski definition) is 1. The van der Waals surface area contributed by atoms with Crippen molar-refractivity contribution in [2.24, 2.45) is 0 Å². The predicted molar refractivity (Wildman–Crippen MR) is 79.6 cm³/mol. The molecule has 0 amide bonds. The Bertz CT molecular complexity index is 679. The van der Waals surface area contributed by atoms with Gasteiger partial charge in [0, 0.05) is 0 Å². The SMILES string of the molecule is COc1ccc(CCS(=O)(=O)c2ccccc2N)cc1. The fourth-order valence-electron chi connectivity index (χ4n) is 1.92. The van der Waals surface area contributed by atoms with Crippen LogP contribution >= 0.6 is 0 Å². The van der Waals surface area contributed by atoms with E-state index in [4.69, 9.17) is 10.5 Å². The Morgan fingerprint density at radius 2 is 1.70 bits per heavy atom. The highest BCUT2D eigenvalue weighted by Gasteiger charge is 2.16.